The Balaban J connectivity index is 2.27. The Bertz CT molecular complexity index is 154. The van der Waals surface area contributed by atoms with Crippen molar-refractivity contribution in [3.63, 3.8) is 0 Å². The molecule has 3 unspecified atom stereocenters. The third kappa shape index (κ3) is 2.44. The fourth-order valence-electron chi connectivity index (χ4n) is 1.34. The zero-order chi connectivity index (χ0) is 8.97. The third-order valence-electron chi connectivity index (χ3n) is 2.06. The molecular formula is C8H15ClN2O. The van der Waals surface area contributed by atoms with E-state index in [2.05, 4.69) is 17.6 Å². The first-order valence-electron chi connectivity index (χ1n) is 4.39. The molecule has 1 rings (SSSR count). The second-order valence-electron chi connectivity index (χ2n) is 3.09. The summed E-state index contributed by atoms with van der Waals surface area (Å²) in [5, 5.41) is 6.23. The van der Waals surface area contributed by atoms with Crippen molar-refractivity contribution in [2.24, 2.45) is 0 Å². The molecule has 0 aromatic rings. The Morgan fingerprint density at radius 2 is 2.25 bits per heavy atom. The van der Waals surface area contributed by atoms with Gasteiger partial charge in [-0.1, -0.05) is 19.8 Å². The minimum absolute atomic E-state index is 0.211. The van der Waals surface area contributed by atoms with Crippen LogP contribution in [0.5, 0.6) is 0 Å². The molecule has 70 valence electrons. The van der Waals surface area contributed by atoms with Gasteiger partial charge < -0.3 is 4.79 Å². The molecule has 0 bridgehead atoms. The van der Waals surface area contributed by atoms with Gasteiger partial charge in [0.1, 0.15) is 11.8 Å². The van der Waals surface area contributed by atoms with Gasteiger partial charge in [-0.15, -0.1) is 11.6 Å². The van der Waals surface area contributed by atoms with Crippen LogP contribution in [0.15, 0.2) is 0 Å². The number of carbonyl (C=O) groups is 1. The zero-order valence-corrected chi connectivity index (χ0v) is 7.97. The van der Waals surface area contributed by atoms with Crippen molar-refractivity contribution in [1.29, 1.82) is 0 Å². The van der Waals surface area contributed by atoms with Crippen molar-refractivity contribution in [3.8, 4) is 0 Å². The minimum Gasteiger partial charge on any atom is -0.302 e. The van der Waals surface area contributed by atoms with Gasteiger partial charge >= 0.3 is 0 Å². The maximum atomic E-state index is 10.4. The van der Waals surface area contributed by atoms with Gasteiger partial charge in [-0.3, -0.25) is 10.6 Å². The lowest BCUT2D eigenvalue weighted by molar-refractivity contribution is -0.109. The zero-order valence-electron chi connectivity index (χ0n) is 7.22. The molecule has 0 spiro atoms. The molecule has 12 heavy (non-hydrogen) atoms. The Hall–Kier alpha value is -0.120. The molecule has 0 amide bonds. The fraction of sp³-hybridized carbons (Fsp3) is 0.875. The summed E-state index contributed by atoms with van der Waals surface area (Å²) in [4.78, 5) is 10.4. The van der Waals surface area contributed by atoms with Gasteiger partial charge in [0, 0.05) is 0 Å². The summed E-state index contributed by atoms with van der Waals surface area (Å²) in [5.41, 5.74) is -0.246. The molecule has 1 aliphatic heterocycles. The molecule has 1 saturated heterocycles. The number of unbranched alkanes of at least 4 members (excludes halogenated alkanes) is 1. The summed E-state index contributed by atoms with van der Waals surface area (Å²) in [6, 6.07) is -0.228. The van der Waals surface area contributed by atoms with Gasteiger partial charge in [-0.25, -0.2) is 0 Å². The topological polar surface area (TPSA) is 41.1 Å². The lowest BCUT2D eigenvalue weighted by Crippen LogP contribution is -2.33. The van der Waals surface area contributed by atoms with Crippen molar-refractivity contribution in [2.45, 2.75) is 43.9 Å². The van der Waals surface area contributed by atoms with E-state index in [0.29, 0.717) is 0 Å². The summed E-state index contributed by atoms with van der Waals surface area (Å²) < 4.78 is 0. The molecule has 1 fully saturated rings. The maximum Gasteiger partial charge on any atom is 0.139 e. The number of hydrogen-bond donors (Lipinski definition) is 2. The Kier molecular flexibility index (Phi) is 3.98. The highest BCUT2D eigenvalue weighted by molar-refractivity contribution is 6.22. The predicted octanol–water partition coefficient (Wildman–Crippen LogP) is 0.828. The highest BCUT2D eigenvalue weighted by Gasteiger charge is 2.30. The molecule has 0 aromatic heterocycles. The first-order valence-corrected chi connectivity index (χ1v) is 4.83. The van der Waals surface area contributed by atoms with Gasteiger partial charge in [0.25, 0.3) is 0 Å². The summed E-state index contributed by atoms with van der Waals surface area (Å²) in [6.07, 6.45) is 4.42. The van der Waals surface area contributed by atoms with Crippen LogP contribution in [0.1, 0.15) is 26.2 Å². The first-order chi connectivity index (χ1) is 5.77. The van der Waals surface area contributed by atoms with E-state index in [1.54, 1.807) is 0 Å². The van der Waals surface area contributed by atoms with Gasteiger partial charge in [-0.2, -0.15) is 0 Å². The molecule has 4 heteroatoms. The molecule has 1 heterocycles. The predicted molar refractivity (Wildman–Crippen MR) is 49.1 cm³/mol. The van der Waals surface area contributed by atoms with E-state index >= 15 is 0 Å². The number of aldehydes is 1. The van der Waals surface area contributed by atoms with Crippen molar-refractivity contribution >= 4 is 17.9 Å². The van der Waals surface area contributed by atoms with Crippen LogP contribution in [-0.2, 0) is 4.79 Å². The van der Waals surface area contributed by atoms with Gasteiger partial charge in [0.05, 0.1) is 12.2 Å². The molecule has 0 saturated carbocycles. The van der Waals surface area contributed by atoms with E-state index in [1.807, 2.05) is 0 Å². The fourth-order valence-corrected chi connectivity index (χ4v) is 1.63. The summed E-state index contributed by atoms with van der Waals surface area (Å²) in [5.74, 6) is 0. The van der Waals surface area contributed by atoms with Crippen molar-refractivity contribution in [2.75, 3.05) is 0 Å². The lowest BCUT2D eigenvalue weighted by Gasteiger charge is -2.09. The van der Waals surface area contributed by atoms with Crippen LogP contribution in [0.2, 0.25) is 0 Å². The summed E-state index contributed by atoms with van der Waals surface area (Å²) in [7, 11) is 0. The minimum atomic E-state index is -0.246. The monoisotopic (exact) mass is 190 g/mol. The molecular weight excluding hydrogens is 176 g/mol. The van der Waals surface area contributed by atoms with Crippen LogP contribution in [0, 0.1) is 0 Å². The molecule has 0 aliphatic carbocycles. The van der Waals surface area contributed by atoms with E-state index in [9.17, 15) is 4.79 Å². The highest BCUT2D eigenvalue weighted by atomic mass is 35.5. The average molecular weight is 191 g/mol. The third-order valence-corrected chi connectivity index (χ3v) is 2.46. The highest BCUT2D eigenvalue weighted by Crippen LogP contribution is 2.10. The Labute approximate surface area is 77.9 Å². The second kappa shape index (κ2) is 4.80. The molecule has 0 aromatic carbocycles. The van der Waals surface area contributed by atoms with E-state index in [4.69, 9.17) is 11.6 Å². The molecule has 0 radical (unpaired) electrons. The van der Waals surface area contributed by atoms with Crippen molar-refractivity contribution in [3.05, 3.63) is 0 Å². The van der Waals surface area contributed by atoms with Crippen LogP contribution in [0.4, 0.5) is 0 Å². The number of halogens is 1. The summed E-state index contributed by atoms with van der Waals surface area (Å²) >= 11 is 5.85. The molecule has 3 atom stereocenters. The molecule has 2 N–H and O–H groups in total. The standard InChI is InChI=1S/C8H15ClN2O/c1-2-3-4-7-10-6(5-12)8(9)11-7/h5-8,10-11H,2-4H2,1H3. The smallest absolute Gasteiger partial charge is 0.139 e. The van der Waals surface area contributed by atoms with Crippen LogP contribution in [-0.4, -0.2) is 24.0 Å². The first kappa shape index (κ1) is 9.96. The van der Waals surface area contributed by atoms with E-state index < -0.39 is 0 Å². The van der Waals surface area contributed by atoms with E-state index in [0.717, 1.165) is 19.1 Å². The normalized spacial score (nSPS) is 35.3. The van der Waals surface area contributed by atoms with Crippen LogP contribution in [0.3, 0.4) is 0 Å². The number of hydrogen-bond acceptors (Lipinski definition) is 3. The summed E-state index contributed by atoms with van der Waals surface area (Å²) in [6.45, 7) is 2.14. The molecule has 3 nitrogen and oxygen atoms in total. The number of rotatable bonds is 4. The molecule has 1 aliphatic rings. The Morgan fingerprint density at radius 3 is 2.75 bits per heavy atom. The maximum absolute atomic E-state index is 10.4. The van der Waals surface area contributed by atoms with Crippen LogP contribution >= 0.6 is 11.6 Å². The number of alkyl halides is 1. The van der Waals surface area contributed by atoms with Crippen molar-refractivity contribution in [1.82, 2.24) is 10.6 Å². The van der Waals surface area contributed by atoms with E-state index in [1.165, 1.54) is 6.42 Å². The largest absolute Gasteiger partial charge is 0.302 e. The van der Waals surface area contributed by atoms with Crippen LogP contribution in [0.25, 0.3) is 0 Å². The number of nitrogens with one attached hydrogen (secondary N) is 2. The van der Waals surface area contributed by atoms with Gasteiger partial charge in [-0.05, 0) is 6.42 Å². The van der Waals surface area contributed by atoms with Gasteiger partial charge in [0.2, 0.25) is 0 Å². The van der Waals surface area contributed by atoms with Gasteiger partial charge in [0.15, 0.2) is 0 Å². The number of carbonyl (C=O) groups excluding carboxylic acids is 1. The average Bonchev–Trinajstić information content (AvgIpc) is 2.43. The Morgan fingerprint density at radius 1 is 1.50 bits per heavy atom. The van der Waals surface area contributed by atoms with Crippen LogP contribution < -0.4 is 10.6 Å². The SMILES string of the molecule is CCCCC1NC(Cl)C(C=O)N1. The van der Waals surface area contributed by atoms with Crippen molar-refractivity contribution < 1.29 is 4.79 Å². The second-order valence-corrected chi connectivity index (χ2v) is 3.56. The quantitative estimate of drug-likeness (QED) is 0.392. The lowest BCUT2D eigenvalue weighted by atomic mass is 10.2. The van der Waals surface area contributed by atoms with E-state index in [-0.39, 0.29) is 17.7 Å².